The highest BCUT2D eigenvalue weighted by Crippen LogP contribution is 2.69. The van der Waals surface area contributed by atoms with Crippen molar-refractivity contribution in [3.05, 3.63) is 23.5 Å². The third-order valence-electron chi connectivity index (χ3n) is 8.31. The molecular formula is C20H25F3O3. The van der Waals surface area contributed by atoms with Crippen LogP contribution in [0, 0.1) is 28.6 Å². The molecule has 4 rings (SSSR count). The maximum Gasteiger partial charge on any atom is 0.417 e. The number of ketones is 1. The monoisotopic (exact) mass is 370 g/mol. The zero-order chi connectivity index (χ0) is 19.1. The molecule has 0 saturated heterocycles. The molecular weight excluding hydrogens is 345 g/mol. The average Bonchev–Trinajstić information content (AvgIpc) is 2.84. The van der Waals surface area contributed by atoms with Crippen LogP contribution in [0.4, 0.5) is 13.2 Å². The first-order valence-corrected chi connectivity index (χ1v) is 9.41. The van der Waals surface area contributed by atoms with E-state index in [0.717, 1.165) is 5.57 Å². The number of aliphatic hydroxyl groups is 2. The fourth-order valence-corrected chi connectivity index (χ4v) is 6.79. The summed E-state index contributed by atoms with van der Waals surface area (Å²) in [5.74, 6) is -0.612. The van der Waals surface area contributed by atoms with Gasteiger partial charge in [-0.05, 0) is 67.9 Å². The number of carbonyl (C=O) groups is 1. The Bertz CT molecular complexity index is 724. The molecule has 0 aromatic heterocycles. The lowest BCUT2D eigenvalue weighted by Crippen LogP contribution is -2.59. The topological polar surface area (TPSA) is 57.5 Å². The summed E-state index contributed by atoms with van der Waals surface area (Å²) in [6.45, 7) is 3.60. The zero-order valence-electron chi connectivity index (χ0n) is 15.1. The highest BCUT2D eigenvalue weighted by Gasteiger charge is 2.72. The number of fused-ring (bicyclic) bond motifs is 5. The number of aliphatic hydroxyl groups excluding tert-OH is 1. The Kier molecular flexibility index (Phi) is 3.58. The molecule has 6 atom stereocenters. The average molecular weight is 370 g/mol. The molecule has 0 radical (unpaired) electrons. The summed E-state index contributed by atoms with van der Waals surface area (Å²) in [6.07, 6.45) is 0.803. The van der Waals surface area contributed by atoms with Gasteiger partial charge in [0, 0.05) is 10.8 Å². The fraction of sp³-hybridized carbons (Fsp3) is 0.750. The smallest absolute Gasteiger partial charge is 0.417 e. The highest BCUT2D eigenvalue weighted by molar-refractivity contribution is 6.04. The van der Waals surface area contributed by atoms with E-state index < -0.39 is 22.6 Å². The van der Waals surface area contributed by atoms with Gasteiger partial charge in [-0.25, -0.2) is 0 Å². The molecule has 0 aromatic rings. The van der Waals surface area contributed by atoms with Gasteiger partial charge in [0.25, 0.3) is 0 Å². The van der Waals surface area contributed by atoms with E-state index in [1.165, 1.54) is 6.08 Å². The van der Waals surface area contributed by atoms with Gasteiger partial charge in [-0.15, -0.1) is 0 Å². The van der Waals surface area contributed by atoms with Crippen LogP contribution >= 0.6 is 0 Å². The van der Waals surface area contributed by atoms with Gasteiger partial charge < -0.3 is 10.2 Å². The highest BCUT2D eigenvalue weighted by atomic mass is 19.4. The molecule has 144 valence electrons. The van der Waals surface area contributed by atoms with Crippen molar-refractivity contribution in [1.82, 2.24) is 0 Å². The van der Waals surface area contributed by atoms with Gasteiger partial charge in [0.1, 0.15) is 0 Å². The third kappa shape index (κ3) is 1.97. The number of alkyl halides is 3. The van der Waals surface area contributed by atoms with Gasteiger partial charge >= 0.3 is 6.18 Å². The Morgan fingerprint density at radius 2 is 1.77 bits per heavy atom. The first-order chi connectivity index (χ1) is 12.0. The van der Waals surface area contributed by atoms with Crippen molar-refractivity contribution >= 4 is 5.78 Å². The minimum atomic E-state index is -4.62. The molecule has 0 amide bonds. The Hall–Kier alpha value is -1.30. The summed E-state index contributed by atoms with van der Waals surface area (Å²) in [4.78, 5) is 11.8. The molecule has 0 aliphatic heterocycles. The number of hydrogen-bond donors (Lipinski definition) is 2. The van der Waals surface area contributed by atoms with Crippen molar-refractivity contribution in [3.63, 3.8) is 0 Å². The summed E-state index contributed by atoms with van der Waals surface area (Å²) in [6, 6.07) is 0. The summed E-state index contributed by atoms with van der Waals surface area (Å²) < 4.78 is 41.1. The van der Waals surface area contributed by atoms with Crippen molar-refractivity contribution in [3.8, 4) is 0 Å². The van der Waals surface area contributed by atoms with E-state index >= 15 is 0 Å². The second-order valence-corrected chi connectivity index (χ2v) is 9.08. The number of rotatable bonds is 0. The maximum absolute atomic E-state index is 13.7. The number of hydrogen-bond acceptors (Lipinski definition) is 3. The summed E-state index contributed by atoms with van der Waals surface area (Å²) >= 11 is 0. The van der Waals surface area contributed by atoms with Crippen molar-refractivity contribution in [2.24, 2.45) is 28.6 Å². The maximum atomic E-state index is 13.7. The van der Waals surface area contributed by atoms with Crippen molar-refractivity contribution < 1.29 is 28.2 Å². The molecule has 0 bridgehead atoms. The normalized spacial score (nSPS) is 48.2. The molecule has 0 spiro atoms. The van der Waals surface area contributed by atoms with Gasteiger partial charge in [0.2, 0.25) is 5.78 Å². The number of carbonyl (C=O) groups excluding carboxylic acids is 1. The molecule has 2 N–H and O–H groups in total. The summed E-state index contributed by atoms with van der Waals surface area (Å²) in [5, 5.41) is 20.9. The molecule has 0 aromatic carbocycles. The quantitative estimate of drug-likeness (QED) is 0.661. The lowest BCUT2D eigenvalue weighted by Gasteiger charge is -2.58. The molecule has 26 heavy (non-hydrogen) atoms. The lowest BCUT2D eigenvalue weighted by molar-refractivity contribution is -0.302. The molecule has 4 aliphatic rings. The predicted molar refractivity (Wildman–Crippen MR) is 89.2 cm³/mol. The van der Waals surface area contributed by atoms with E-state index in [1.54, 1.807) is 6.92 Å². The molecule has 3 nitrogen and oxygen atoms in total. The Morgan fingerprint density at radius 1 is 1.12 bits per heavy atom. The van der Waals surface area contributed by atoms with Crippen LogP contribution in [0.25, 0.3) is 0 Å². The molecule has 4 aliphatic carbocycles. The van der Waals surface area contributed by atoms with E-state index in [-0.39, 0.29) is 35.7 Å². The summed E-state index contributed by atoms with van der Waals surface area (Å²) in [5.41, 5.74) is -3.53. The fourth-order valence-electron chi connectivity index (χ4n) is 6.79. The van der Waals surface area contributed by atoms with Crippen LogP contribution in [0.1, 0.15) is 52.4 Å². The van der Waals surface area contributed by atoms with E-state index in [1.807, 2.05) is 13.0 Å². The molecule has 6 heteroatoms. The SMILES string of the molecule is C[C@]12C=CC(=O)C(O)=C1CC[C@@H]1[C@H]2CC[C@@]2(C)[C@H]1CCC2(O)C(F)(F)F. The van der Waals surface area contributed by atoms with E-state index in [0.29, 0.717) is 32.1 Å². The number of halogens is 3. The Labute approximate surface area is 151 Å². The third-order valence-corrected chi connectivity index (χ3v) is 8.31. The zero-order valence-corrected chi connectivity index (χ0v) is 15.1. The van der Waals surface area contributed by atoms with Crippen molar-refractivity contribution in [2.45, 2.75) is 64.1 Å². The molecule has 3 fully saturated rings. The Balaban J connectivity index is 1.73. The van der Waals surface area contributed by atoms with Crippen LogP contribution in [-0.4, -0.2) is 27.8 Å². The molecule has 1 unspecified atom stereocenters. The largest absolute Gasteiger partial charge is 0.504 e. The minimum Gasteiger partial charge on any atom is -0.504 e. The van der Waals surface area contributed by atoms with E-state index in [4.69, 9.17) is 0 Å². The predicted octanol–water partition coefficient (Wildman–Crippen LogP) is 4.47. The van der Waals surface area contributed by atoms with Crippen molar-refractivity contribution in [2.75, 3.05) is 0 Å². The van der Waals surface area contributed by atoms with Crippen LogP contribution in [0.15, 0.2) is 23.5 Å². The van der Waals surface area contributed by atoms with Gasteiger partial charge in [-0.3, -0.25) is 4.79 Å². The first kappa shape index (κ1) is 18.1. The minimum absolute atomic E-state index is 0.0597. The number of allylic oxidation sites excluding steroid dienone is 3. The van der Waals surface area contributed by atoms with Crippen LogP contribution in [0.5, 0.6) is 0 Å². The van der Waals surface area contributed by atoms with Crippen LogP contribution in [0.3, 0.4) is 0 Å². The standard InChI is InChI=1S/C20H25F3O3/c1-17-8-7-15(24)16(25)14(17)4-3-11-12(17)5-9-18(2)13(11)6-10-19(18,26)20(21,22)23/h7-8,11-13,25-26H,3-6,9-10H2,1-2H3/t11-,12-,13+,17-,18+,19?/m1/s1. The first-order valence-electron chi connectivity index (χ1n) is 9.41. The molecule has 3 saturated carbocycles. The Morgan fingerprint density at radius 3 is 2.42 bits per heavy atom. The van der Waals surface area contributed by atoms with E-state index in [9.17, 15) is 28.2 Å². The van der Waals surface area contributed by atoms with Gasteiger partial charge in [-0.2, -0.15) is 13.2 Å². The molecule has 0 heterocycles. The van der Waals surface area contributed by atoms with Gasteiger partial charge in [0.15, 0.2) is 11.4 Å². The van der Waals surface area contributed by atoms with Crippen molar-refractivity contribution in [1.29, 1.82) is 0 Å². The van der Waals surface area contributed by atoms with Crippen LogP contribution < -0.4 is 0 Å². The van der Waals surface area contributed by atoms with Crippen LogP contribution in [0.2, 0.25) is 0 Å². The van der Waals surface area contributed by atoms with Gasteiger partial charge in [-0.1, -0.05) is 19.9 Å². The van der Waals surface area contributed by atoms with Gasteiger partial charge in [0.05, 0.1) is 0 Å². The lowest BCUT2D eigenvalue weighted by atomic mass is 9.47. The van der Waals surface area contributed by atoms with E-state index in [2.05, 4.69) is 0 Å². The summed E-state index contributed by atoms with van der Waals surface area (Å²) in [7, 11) is 0. The van der Waals surface area contributed by atoms with Crippen LogP contribution in [-0.2, 0) is 4.79 Å². The second-order valence-electron chi connectivity index (χ2n) is 9.08. The second kappa shape index (κ2) is 5.15.